The molecule has 2 aromatic rings. The van der Waals surface area contributed by atoms with Crippen molar-refractivity contribution in [1.82, 2.24) is 14.7 Å². The molecule has 0 aliphatic carbocycles. The molecule has 0 amide bonds. The van der Waals surface area contributed by atoms with Crippen LogP contribution in [0, 0.1) is 0 Å². The fourth-order valence-electron chi connectivity index (χ4n) is 1.44. The van der Waals surface area contributed by atoms with Crippen LogP contribution in [0.25, 0.3) is 0 Å². The zero-order chi connectivity index (χ0) is 14.8. The van der Waals surface area contributed by atoms with Gasteiger partial charge in [0.25, 0.3) is 5.56 Å². The molecule has 4 N–H and O–H groups in total. The van der Waals surface area contributed by atoms with Gasteiger partial charge in [-0.15, -0.1) is 0 Å². The number of sulfonamides is 1. The van der Waals surface area contributed by atoms with Crippen LogP contribution in [0.15, 0.2) is 50.2 Å². The lowest BCUT2D eigenvalue weighted by Gasteiger charge is -2.09. The SMILES string of the molecule is CNS(=O)(=O)c1cc(N)ccc1Sc1nccc(=O)[nH]1. The van der Waals surface area contributed by atoms with E-state index in [2.05, 4.69) is 14.7 Å². The molecule has 7 nitrogen and oxygen atoms in total. The van der Waals surface area contributed by atoms with E-state index in [4.69, 9.17) is 5.73 Å². The maximum absolute atomic E-state index is 12.0. The molecular weight excluding hydrogens is 300 g/mol. The number of nitrogen functional groups attached to an aromatic ring is 1. The molecule has 1 aromatic heterocycles. The van der Waals surface area contributed by atoms with Gasteiger partial charge in [-0.3, -0.25) is 4.79 Å². The number of H-pyrrole nitrogens is 1. The summed E-state index contributed by atoms with van der Waals surface area (Å²) in [5.41, 5.74) is 5.64. The van der Waals surface area contributed by atoms with Gasteiger partial charge in [-0.2, -0.15) is 0 Å². The Labute approximate surface area is 119 Å². The summed E-state index contributed by atoms with van der Waals surface area (Å²) >= 11 is 1.04. The second-order valence-electron chi connectivity index (χ2n) is 3.76. The molecule has 0 fully saturated rings. The van der Waals surface area contributed by atoms with Gasteiger partial charge in [0.05, 0.1) is 4.90 Å². The van der Waals surface area contributed by atoms with Crippen molar-refractivity contribution in [2.45, 2.75) is 14.9 Å². The number of rotatable bonds is 4. The van der Waals surface area contributed by atoms with Crippen LogP contribution in [0.3, 0.4) is 0 Å². The van der Waals surface area contributed by atoms with Gasteiger partial charge < -0.3 is 10.7 Å². The third-order valence-corrected chi connectivity index (χ3v) is 4.94. The number of hydrogen-bond acceptors (Lipinski definition) is 6. The average Bonchev–Trinajstić information content (AvgIpc) is 2.41. The number of nitrogens with zero attached hydrogens (tertiary/aromatic N) is 1. The summed E-state index contributed by atoms with van der Waals surface area (Å²) in [6, 6.07) is 5.78. The van der Waals surface area contributed by atoms with Crippen molar-refractivity contribution in [1.29, 1.82) is 0 Å². The molecule has 0 aliphatic heterocycles. The van der Waals surface area contributed by atoms with Crippen LogP contribution in [-0.4, -0.2) is 25.4 Å². The number of hydrogen-bond donors (Lipinski definition) is 3. The second-order valence-corrected chi connectivity index (χ2v) is 6.64. The Bertz CT molecular complexity index is 786. The van der Waals surface area contributed by atoms with Crippen LogP contribution in [0.5, 0.6) is 0 Å². The third-order valence-electron chi connectivity index (χ3n) is 2.38. The van der Waals surface area contributed by atoms with Gasteiger partial charge in [0.2, 0.25) is 10.0 Å². The smallest absolute Gasteiger partial charge is 0.251 e. The highest BCUT2D eigenvalue weighted by atomic mass is 32.2. The molecule has 0 unspecified atom stereocenters. The summed E-state index contributed by atoms with van der Waals surface area (Å²) in [6.07, 6.45) is 1.35. The molecule has 2 rings (SSSR count). The van der Waals surface area contributed by atoms with Gasteiger partial charge in [-0.05, 0) is 25.2 Å². The third kappa shape index (κ3) is 3.18. The lowest BCUT2D eigenvalue weighted by atomic mass is 10.3. The quantitative estimate of drug-likeness (QED) is 0.556. The lowest BCUT2D eigenvalue weighted by Crippen LogP contribution is -2.19. The first-order chi connectivity index (χ1) is 9.42. The molecule has 20 heavy (non-hydrogen) atoms. The molecule has 9 heteroatoms. The Morgan fingerprint density at radius 1 is 1.35 bits per heavy atom. The normalized spacial score (nSPS) is 11.4. The number of nitrogens with one attached hydrogen (secondary N) is 2. The van der Waals surface area contributed by atoms with Gasteiger partial charge in [0.1, 0.15) is 0 Å². The highest BCUT2D eigenvalue weighted by Crippen LogP contribution is 2.31. The molecule has 0 aliphatic rings. The summed E-state index contributed by atoms with van der Waals surface area (Å²) in [6.45, 7) is 0. The summed E-state index contributed by atoms with van der Waals surface area (Å²) in [5.74, 6) is 0. The Morgan fingerprint density at radius 3 is 2.75 bits per heavy atom. The number of nitrogens with two attached hydrogens (primary N) is 1. The van der Waals surface area contributed by atoms with Crippen molar-refractivity contribution < 1.29 is 8.42 Å². The van der Waals surface area contributed by atoms with Crippen LogP contribution in [0.2, 0.25) is 0 Å². The molecule has 0 bridgehead atoms. The minimum absolute atomic E-state index is 0.0384. The number of aromatic amines is 1. The largest absolute Gasteiger partial charge is 0.399 e. The van der Waals surface area contributed by atoms with E-state index in [1.54, 1.807) is 12.1 Å². The van der Waals surface area contributed by atoms with Crippen LogP contribution >= 0.6 is 11.8 Å². The zero-order valence-electron chi connectivity index (χ0n) is 10.5. The summed E-state index contributed by atoms with van der Waals surface area (Å²) < 4.78 is 26.2. The van der Waals surface area contributed by atoms with Crippen LogP contribution < -0.4 is 16.0 Å². The standard InChI is InChI=1S/C11H12N4O3S2/c1-13-20(17,18)9-6-7(12)2-3-8(9)19-11-14-5-4-10(16)15-11/h2-6,13H,12H2,1H3,(H,14,15,16). The monoisotopic (exact) mass is 312 g/mol. The molecule has 1 heterocycles. The molecule has 0 spiro atoms. The molecule has 0 atom stereocenters. The van der Waals surface area contributed by atoms with Crippen molar-refractivity contribution in [2.24, 2.45) is 0 Å². The molecule has 0 saturated carbocycles. The van der Waals surface area contributed by atoms with Crippen molar-refractivity contribution in [3.05, 3.63) is 40.8 Å². The second kappa shape index (κ2) is 5.65. The fourth-order valence-corrected chi connectivity index (χ4v) is 3.50. The van der Waals surface area contributed by atoms with E-state index in [9.17, 15) is 13.2 Å². The highest BCUT2D eigenvalue weighted by Gasteiger charge is 2.18. The highest BCUT2D eigenvalue weighted by molar-refractivity contribution is 8.00. The van der Waals surface area contributed by atoms with Gasteiger partial charge in [-0.1, -0.05) is 11.8 Å². The summed E-state index contributed by atoms with van der Waals surface area (Å²) in [4.78, 5) is 18.2. The fraction of sp³-hybridized carbons (Fsp3) is 0.0909. The minimum Gasteiger partial charge on any atom is -0.399 e. The molecule has 0 radical (unpaired) electrons. The van der Waals surface area contributed by atoms with E-state index in [0.29, 0.717) is 15.7 Å². The first-order valence-corrected chi connectivity index (χ1v) is 7.78. The minimum atomic E-state index is -3.65. The number of anilines is 1. The van der Waals surface area contributed by atoms with E-state index in [1.807, 2.05) is 0 Å². The Morgan fingerprint density at radius 2 is 2.10 bits per heavy atom. The topological polar surface area (TPSA) is 118 Å². The molecular formula is C11H12N4O3S2. The van der Waals surface area contributed by atoms with Crippen molar-refractivity contribution in [2.75, 3.05) is 12.8 Å². The van der Waals surface area contributed by atoms with Crippen LogP contribution in [0.1, 0.15) is 0 Å². The zero-order valence-corrected chi connectivity index (χ0v) is 12.1. The van der Waals surface area contributed by atoms with Gasteiger partial charge in [0, 0.05) is 22.8 Å². The summed E-state index contributed by atoms with van der Waals surface area (Å²) in [7, 11) is -2.34. The van der Waals surface area contributed by atoms with E-state index < -0.39 is 10.0 Å². The van der Waals surface area contributed by atoms with Gasteiger partial charge in [-0.25, -0.2) is 18.1 Å². The molecule has 106 valence electrons. The van der Waals surface area contributed by atoms with Crippen LogP contribution in [-0.2, 0) is 10.0 Å². The molecule has 0 saturated heterocycles. The Hall–Kier alpha value is -1.84. The van der Waals surface area contributed by atoms with E-state index >= 15 is 0 Å². The first kappa shape index (κ1) is 14.6. The predicted molar refractivity (Wildman–Crippen MR) is 76.1 cm³/mol. The van der Waals surface area contributed by atoms with E-state index in [0.717, 1.165) is 11.8 Å². The van der Waals surface area contributed by atoms with Crippen LogP contribution in [0.4, 0.5) is 5.69 Å². The maximum atomic E-state index is 12.0. The number of aromatic nitrogens is 2. The number of benzene rings is 1. The first-order valence-electron chi connectivity index (χ1n) is 5.48. The Balaban J connectivity index is 2.50. The lowest BCUT2D eigenvalue weighted by molar-refractivity contribution is 0.586. The Kier molecular flexibility index (Phi) is 4.12. The van der Waals surface area contributed by atoms with Gasteiger partial charge >= 0.3 is 0 Å². The molecule has 1 aromatic carbocycles. The van der Waals surface area contributed by atoms with E-state index in [1.165, 1.54) is 25.4 Å². The van der Waals surface area contributed by atoms with Crippen molar-refractivity contribution >= 4 is 27.5 Å². The average molecular weight is 312 g/mol. The van der Waals surface area contributed by atoms with Gasteiger partial charge in [0.15, 0.2) is 5.16 Å². The van der Waals surface area contributed by atoms with E-state index in [-0.39, 0.29) is 10.5 Å². The summed E-state index contributed by atoms with van der Waals surface area (Å²) in [5, 5.41) is 0.301. The maximum Gasteiger partial charge on any atom is 0.251 e. The van der Waals surface area contributed by atoms with Crippen molar-refractivity contribution in [3.8, 4) is 0 Å². The van der Waals surface area contributed by atoms with Crippen molar-refractivity contribution in [3.63, 3.8) is 0 Å². The predicted octanol–water partition coefficient (Wildman–Crippen LogP) is 0.411.